The van der Waals surface area contributed by atoms with Crippen LogP contribution in [0.1, 0.15) is 19.3 Å². The minimum Gasteiger partial charge on any atom is -0.479 e. The highest BCUT2D eigenvalue weighted by atomic mass is 16.5. The molecule has 4 nitrogen and oxygen atoms in total. The molecule has 0 radical (unpaired) electrons. The van der Waals surface area contributed by atoms with Crippen LogP contribution in [-0.2, 0) is 9.53 Å². The number of aliphatic carboxylic acids is 1. The molecule has 1 aliphatic heterocycles. The van der Waals surface area contributed by atoms with Gasteiger partial charge in [-0.15, -0.1) is 0 Å². The molecule has 1 atom stereocenters. The first-order valence-electron chi connectivity index (χ1n) is 4.58. The second-order valence-corrected chi connectivity index (χ2v) is 3.66. The molecule has 0 bridgehead atoms. The summed E-state index contributed by atoms with van der Waals surface area (Å²) >= 11 is 0. The number of carboxylic acid groups (broad SMARTS) is 1. The molecule has 1 fully saturated rings. The summed E-state index contributed by atoms with van der Waals surface area (Å²) < 4.78 is 5.14. The number of rotatable bonds is 2. The van der Waals surface area contributed by atoms with E-state index in [2.05, 4.69) is 4.90 Å². The Balaban J connectivity index is 2.69. The van der Waals surface area contributed by atoms with Gasteiger partial charge in [-0.05, 0) is 32.9 Å². The average Bonchev–Trinajstić information content (AvgIpc) is 2.28. The first-order valence-corrected chi connectivity index (χ1v) is 4.58. The zero-order chi connectivity index (χ0) is 9.90. The quantitative estimate of drug-likeness (QED) is 0.686. The predicted octanol–water partition coefficient (Wildman–Crippen LogP) is 0.572. The van der Waals surface area contributed by atoms with E-state index in [-0.39, 0.29) is 0 Å². The third-order valence-electron chi connectivity index (χ3n) is 2.80. The van der Waals surface area contributed by atoms with Gasteiger partial charge in [-0.2, -0.15) is 0 Å². The Morgan fingerprint density at radius 3 is 2.69 bits per heavy atom. The number of carboxylic acids is 1. The molecular formula is C9H17NO3. The van der Waals surface area contributed by atoms with E-state index in [0.29, 0.717) is 12.8 Å². The Labute approximate surface area is 78.5 Å². The fourth-order valence-electron chi connectivity index (χ4n) is 1.75. The third kappa shape index (κ3) is 2.19. The van der Waals surface area contributed by atoms with Gasteiger partial charge in [0, 0.05) is 13.7 Å². The van der Waals surface area contributed by atoms with Crippen LogP contribution >= 0.6 is 0 Å². The highest BCUT2D eigenvalue weighted by Crippen LogP contribution is 2.25. The van der Waals surface area contributed by atoms with Crippen LogP contribution in [0, 0.1) is 0 Å². The summed E-state index contributed by atoms with van der Waals surface area (Å²) in [4.78, 5) is 13.2. The van der Waals surface area contributed by atoms with Crippen molar-refractivity contribution >= 4 is 5.97 Å². The number of hydrogen-bond donors (Lipinski definition) is 1. The Morgan fingerprint density at radius 2 is 2.15 bits per heavy atom. The molecule has 0 amide bonds. The number of carbonyl (C=O) groups is 1. The molecule has 0 spiro atoms. The first-order chi connectivity index (χ1) is 6.10. The summed E-state index contributed by atoms with van der Waals surface area (Å²) in [5.41, 5.74) is -0.940. The lowest BCUT2D eigenvalue weighted by molar-refractivity contribution is -0.163. The normalized spacial score (nSPS) is 31.2. The van der Waals surface area contributed by atoms with E-state index in [4.69, 9.17) is 9.84 Å². The van der Waals surface area contributed by atoms with Crippen molar-refractivity contribution in [1.82, 2.24) is 4.90 Å². The first kappa shape index (κ1) is 10.5. The lowest BCUT2D eigenvalue weighted by Crippen LogP contribution is -2.41. The maximum atomic E-state index is 11.0. The van der Waals surface area contributed by atoms with Crippen LogP contribution in [0.5, 0.6) is 0 Å². The van der Waals surface area contributed by atoms with Gasteiger partial charge >= 0.3 is 5.97 Å². The molecule has 0 saturated carbocycles. The predicted molar refractivity (Wildman–Crippen MR) is 48.7 cm³/mol. The highest BCUT2D eigenvalue weighted by Gasteiger charge is 2.39. The molecule has 1 N–H and O–H groups in total. The summed E-state index contributed by atoms with van der Waals surface area (Å²) in [5.74, 6) is -0.828. The van der Waals surface area contributed by atoms with E-state index in [1.165, 1.54) is 7.11 Å². The molecule has 0 aromatic rings. The van der Waals surface area contributed by atoms with E-state index in [1.54, 1.807) is 0 Å². The van der Waals surface area contributed by atoms with E-state index in [0.717, 1.165) is 19.5 Å². The van der Waals surface area contributed by atoms with E-state index >= 15 is 0 Å². The van der Waals surface area contributed by atoms with Crippen molar-refractivity contribution in [2.45, 2.75) is 24.9 Å². The minimum absolute atomic E-state index is 0.579. The van der Waals surface area contributed by atoms with Crippen LogP contribution in [0.15, 0.2) is 0 Å². The Morgan fingerprint density at radius 1 is 1.46 bits per heavy atom. The van der Waals surface area contributed by atoms with Crippen molar-refractivity contribution < 1.29 is 14.6 Å². The summed E-state index contributed by atoms with van der Waals surface area (Å²) in [6.07, 6.45) is 2.08. The molecule has 13 heavy (non-hydrogen) atoms. The second-order valence-electron chi connectivity index (χ2n) is 3.66. The molecule has 1 saturated heterocycles. The minimum atomic E-state index is -0.940. The molecule has 1 heterocycles. The van der Waals surface area contributed by atoms with Gasteiger partial charge in [-0.25, -0.2) is 4.79 Å². The molecule has 0 aromatic carbocycles. The molecule has 4 heteroatoms. The topological polar surface area (TPSA) is 49.8 Å². The monoisotopic (exact) mass is 187 g/mol. The van der Waals surface area contributed by atoms with Crippen molar-refractivity contribution in [3.05, 3.63) is 0 Å². The Hall–Kier alpha value is -0.610. The number of likely N-dealkylation sites (tertiary alicyclic amines) is 1. The van der Waals surface area contributed by atoms with Crippen LogP contribution in [0.25, 0.3) is 0 Å². The summed E-state index contributed by atoms with van der Waals surface area (Å²) in [6.45, 7) is 1.75. The van der Waals surface area contributed by atoms with Crippen molar-refractivity contribution in [3.63, 3.8) is 0 Å². The van der Waals surface area contributed by atoms with Gasteiger partial charge < -0.3 is 14.7 Å². The zero-order valence-corrected chi connectivity index (χ0v) is 8.25. The molecule has 1 rings (SSSR count). The number of methoxy groups -OCH3 is 1. The lowest BCUT2D eigenvalue weighted by Gasteiger charge is -2.25. The van der Waals surface area contributed by atoms with Gasteiger partial charge in [-0.3, -0.25) is 0 Å². The summed E-state index contributed by atoms with van der Waals surface area (Å²) in [7, 11) is 3.49. The summed E-state index contributed by atoms with van der Waals surface area (Å²) in [6, 6.07) is 0. The molecule has 0 aromatic heterocycles. The van der Waals surface area contributed by atoms with Gasteiger partial charge in [0.25, 0.3) is 0 Å². The highest BCUT2D eigenvalue weighted by molar-refractivity contribution is 5.77. The van der Waals surface area contributed by atoms with Crippen LogP contribution < -0.4 is 0 Å². The standard InChI is InChI=1S/C9H17NO3/c1-10-6-3-4-9(13-2,5-7-10)8(11)12/h3-7H2,1-2H3,(H,11,12). The van der Waals surface area contributed by atoms with Crippen molar-refractivity contribution in [2.24, 2.45) is 0 Å². The van der Waals surface area contributed by atoms with Crippen LogP contribution in [0.4, 0.5) is 0 Å². The molecular weight excluding hydrogens is 170 g/mol. The second kappa shape index (κ2) is 4.07. The number of hydrogen-bond acceptors (Lipinski definition) is 3. The Bertz CT molecular complexity index is 195. The smallest absolute Gasteiger partial charge is 0.336 e. The van der Waals surface area contributed by atoms with Crippen molar-refractivity contribution in [1.29, 1.82) is 0 Å². The van der Waals surface area contributed by atoms with Crippen LogP contribution in [0.3, 0.4) is 0 Å². The fraction of sp³-hybridized carbons (Fsp3) is 0.889. The van der Waals surface area contributed by atoms with E-state index < -0.39 is 11.6 Å². The zero-order valence-electron chi connectivity index (χ0n) is 8.25. The van der Waals surface area contributed by atoms with Crippen LogP contribution in [0.2, 0.25) is 0 Å². The van der Waals surface area contributed by atoms with Gasteiger partial charge in [0.2, 0.25) is 0 Å². The maximum Gasteiger partial charge on any atom is 0.336 e. The third-order valence-corrected chi connectivity index (χ3v) is 2.80. The fourth-order valence-corrected chi connectivity index (χ4v) is 1.75. The average molecular weight is 187 g/mol. The lowest BCUT2D eigenvalue weighted by atomic mass is 9.95. The van der Waals surface area contributed by atoms with Gasteiger partial charge in [0.1, 0.15) is 0 Å². The SMILES string of the molecule is COC1(C(=O)O)CCCN(C)CC1. The summed E-state index contributed by atoms with van der Waals surface area (Å²) in [5, 5.41) is 9.06. The largest absolute Gasteiger partial charge is 0.479 e. The Kier molecular flexibility index (Phi) is 3.27. The molecule has 76 valence electrons. The number of nitrogens with zero attached hydrogens (tertiary/aromatic N) is 1. The van der Waals surface area contributed by atoms with Gasteiger partial charge in [0.05, 0.1) is 0 Å². The molecule has 1 aliphatic rings. The van der Waals surface area contributed by atoms with Crippen molar-refractivity contribution in [2.75, 3.05) is 27.2 Å². The number of ether oxygens (including phenoxy) is 1. The van der Waals surface area contributed by atoms with Gasteiger partial charge in [0.15, 0.2) is 5.60 Å². The van der Waals surface area contributed by atoms with E-state index in [9.17, 15) is 4.79 Å². The molecule has 0 aliphatic carbocycles. The van der Waals surface area contributed by atoms with Gasteiger partial charge in [-0.1, -0.05) is 0 Å². The van der Waals surface area contributed by atoms with E-state index in [1.807, 2.05) is 7.05 Å². The van der Waals surface area contributed by atoms with Crippen LogP contribution in [-0.4, -0.2) is 48.8 Å². The molecule has 1 unspecified atom stereocenters. The maximum absolute atomic E-state index is 11.0. The van der Waals surface area contributed by atoms with Crippen molar-refractivity contribution in [3.8, 4) is 0 Å².